The fraction of sp³-hybridized carbons (Fsp3) is 0.238. The van der Waals surface area contributed by atoms with Crippen molar-refractivity contribution in [1.82, 2.24) is 15.1 Å². The second-order valence-corrected chi connectivity index (χ2v) is 7.34. The summed E-state index contributed by atoms with van der Waals surface area (Å²) in [4.78, 5) is 14.1. The molecule has 1 heterocycles. The molecule has 0 aliphatic heterocycles. The highest BCUT2D eigenvalue weighted by molar-refractivity contribution is 9.10. The van der Waals surface area contributed by atoms with E-state index in [0.29, 0.717) is 11.0 Å². The molecule has 0 aliphatic carbocycles. The number of likely N-dealkylation sites (N-methyl/N-ethyl adjacent to an activating group) is 1. The van der Waals surface area contributed by atoms with Gasteiger partial charge in [-0.1, -0.05) is 36.4 Å². The molecule has 0 unspecified atom stereocenters. The highest BCUT2D eigenvalue weighted by Crippen LogP contribution is 2.18. The van der Waals surface area contributed by atoms with Crippen LogP contribution in [0.15, 0.2) is 59.1 Å². The standard InChI is InChI=1S/C21H21BrFN3O/c1-26(21(27)13-15-9-10-19(23)18(22)12-15)11-5-8-17-14-20(25-24-17)16-6-3-2-4-7-16/h2-4,6-7,9-10,12,14H,5,8,11,13H2,1H3,(H,24,25). The molecule has 0 fully saturated rings. The Kier molecular flexibility index (Phi) is 6.40. The number of halogens is 2. The number of aryl methyl sites for hydroxylation is 1. The van der Waals surface area contributed by atoms with Gasteiger partial charge < -0.3 is 4.90 Å². The maximum atomic E-state index is 13.3. The largest absolute Gasteiger partial charge is 0.345 e. The summed E-state index contributed by atoms with van der Waals surface area (Å²) in [5.41, 5.74) is 3.85. The van der Waals surface area contributed by atoms with E-state index in [1.54, 1.807) is 24.1 Å². The molecule has 1 aromatic heterocycles. The van der Waals surface area contributed by atoms with Crippen molar-refractivity contribution >= 4 is 21.8 Å². The molecule has 0 radical (unpaired) electrons. The Labute approximate surface area is 166 Å². The van der Waals surface area contributed by atoms with Crippen LogP contribution < -0.4 is 0 Å². The van der Waals surface area contributed by atoms with Crippen LogP contribution in [0.2, 0.25) is 0 Å². The normalized spacial score (nSPS) is 10.8. The minimum Gasteiger partial charge on any atom is -0.345 e. The van der Waals surface area contributed by atoms with Crippen molar-refractivity contribution < 1.29 is 9.18 Å². The van der Waals surface area contributed by atoms with Crippen LogP contribution in [-0.2, 0) is 17.6 Å². The number of amides is 1. The highest BCUT2D eigenvalue weighted by atomic mass is 79.9. The van der Waals surface area contributed by atoms with E-state index >= 15 is 0 Å². The van der Waals surface area contributed by atoms with Crippen LogP contribution in [0.5, 0.6) is 0 Å². The van der Waals surface area contributed by atoms with Gasteiger partial charge in [-0.25, -0.2) is 4.39 Å². The summed E-state index contributed by atoms with van der Waals surface area (Å²) < 4.78 is 13.7. The first-order valence-electron chi connectivity index (χ1n) is 8.80. The van der Waals surface area contributed by atoms with Crippen LogP contribution in [0.4, 0.5) is 4.39 Å². The molecule has 0 spiro atoms. The molecule has 1 amide bonds. The van der Waals surface area contributed by atoms with Crippen molar-refractivity contribution in [3.8, 4) is 11.3 Å². The van der Waals surface area contributed by atoms with E-state index in [4.69, 9.17) is 0 Å². The summed E-state index contributed by atoms with van der Waals surface area (Å²) >= 11 is 3.15. The SMILES string of the molecule is CN(CCCc1cc(-c2ccccc2)n[nH]1)C(=O)Cc1ccc(F)c(Br)c1. The van der Waals surface area contributed by atoms with Gasteiger partial charge in [0.2, 0.25) is 5.91 Å². The summed E-state index contributed by atoms with van der Waals surface area (Å²) in [6.45, 7) is 0.654. The van der Waals surface area contributed by atoms with Gasteiger partial charge >= 0.3 is 0 Å². The third-order valence-corrected chi connectivity index (χ3v) is 5.01. The van der Waals surface area contributed by atoms with Gasteiger partial charge in [-0.3, -0.25) is 9.89 Å². The van der Waals surface area contributed by atoms with Gasteiger partial charge in [-0.15, -0.1) is 0 Å². The fourth-order valence-electron chi connectivity index (χ4n) is 2.84. The molecule has 0 saturated heterocycles. The number of H-pyrrole nitrogens is 1. The van der Waals surface area contributed by atoms with Crippen LogP contribution in [0, 0.1) is 5.82 Å². The maximum Gasteiger partial charge on any atom is 0.226 e. The number of carbonyl (C=O) groups is 1. The second kappa shape index (κ2) is 8.95. The van der Waals surface area contributed by atoms with E-state index in [-0.39, 0.29) is 18.1 Å². The molecule has 0 saturated carbocycles. The highest BCUT2D eigenvalue weighted by Gasteiger charge is 2.11. The minimum atomic E-state index is -0.325. The summed E-state index contributed by atoms with van der Waals surface area (Å²) in [7, 11) is 1.79. The fourth-order valence-corrected chi connectivity index (χ4v) is 3.26. The lowest BCUT2D eigenvalue weighted by molar-refractivity contribution is -0.129. The number of hydrogen-bond donors (Lipinski definition) is 1. The maximum absolute atomic E-state index is 13.3. The number of aromatic nitrogens is 2. The third kappa shape index (κ3) is 5.26. The van der Waals surface area contributed by atoms with Gasteiger partial charge in [0.1, 0.15) is 5.82 Å². The van der Waals surface area contributed by atoms with Crippen LogP contribution in [0.25, 0.3) is 11.3 Å². The zero-order chi connectivity index (χ0) is 19.2. The molecule has 3 aromatic rings. The van der Waals surface area contributed by atoms with Gasteiger partial charge in [-0.05, 0) is 52.5 Å². The summed E-state index contributed by atoms with van der Waals surface area (Å²) in [5, 5.41) is 7.41. The quantitative estimate of drug-likeness (QED) is 0.595. The molecule has 0 atom stereocenters. The molecular weight excluding hydrogens is 409 g/mol. The van der Waals surface area contributed by atoms with Gasteiger partial charge in [-0.2, -0.15) is 5.10 Å². The van der Waals surface area contributed by atoms with Crippen molar-refractivity contribution in [1.29, 1.82) is 0 Å². The van der Waals surface area contributed by atoms with Gasteiger partial charge in [0.25, 0.3) is 0 Å². The molecule has 4 nitrogen and oxygen atoms in total. The molecule has 0 aliphatic rings. The number of benzene rings is 2. The van der Waals surface area contributed by atoms with Crippen LogP contribution in [0.1, 0.15) is 17.7 Å². The number of nitrogens with zero attached hydrogens (tertiary/aromatic N) is 2. The third-order valence-electron chi connectivity index (χ3n) is 4.41. The predicted molar refractivity (Wildman–Crippen MR) is 108 cm³/mol. The van der Waals surface area contributed by atoms with Crippen molar-refractivity contribution in [2.75, 3.05) is 13.6 Å². The Balaban J connectivity index is 1.47. The summed E-state index contributed by atoms with van der Waals surface area (Å²) in [5.74, 6) is -0.308. The first kappa shape index (κ1) is 19.3. The lowest BCUT2D eigenvalue weighted by Gasteiger charge is -2.17. The van der Waals surface area contributed by atoms with Gasteiger partial charge in [0.05, 0.1) is 16.6 Å². The molecule has 1 N–H and O–H groups in total. The molecule has 140 valence electrons. The summed E-state index contributed by atoms with van der Waals surface area (Å²) in [6.07, 6.45) is 1.92. The average molecular weight is 430 g/mol. The van der Waals surface area contributed by atoms with Crippen LogP contribution in [-0.4, -0.2) is 34.6 Å². The lowest BCUT2D eigenvalue weighted by atomic mass is 10.1. The molecule has 27 heavy (non-hydrogen) atoms. The molecule has 2 aromatic carbocycles. The predicted octanol–water partition coefficient (Wildman–Crippen LogP) is 4.61. The minimum absolute atomic E-state index is 0.0168. The average Bonchev–Trinajstić information content (AvgIpc) is 3.14. The van der Waals surface area contributed by atoms with Crippen molar-refractivity contribution in [2.45, 2.75) is 19.3 Å². The molecular formula is C21H21BrFN3O. The Hall–Kier alpha value is -2.47. The first-order valence-corrected chi connectivity index (χ1v) is 9.60. The topological polar surface area (TPSA) is 49.0 Å². The van der Waals surface area contributed by atoms with E-state index in [0.717, 1.165) is 35.4 Å². The first-order chi connectivity index (χ1) is 13.0. The van der Waals surface area contributed by atoms with Crippen LogP contribution in [0.3, 0.4) is 0 Å². The van der Waals surface area contributed by atoms with Crippen LogP contribution >= 0.6 is 15.9 Å². The number of rotatable bonds is 7. The van der Waals surface area contributed by atoms with E-state index in [9.17, 15) is 9.18 Å². The molecule has 0 bridgehead atoms. The number of hydrogen-bond acceptors (Lipinski definition) is 2. The van der Waals surface area contributed by atoms with E-state index in [1.807, 2.05) is 36.4 Å². The summed E-state index contributed by atoms with van der Waals surface area (Å²) in [6, 6.07) is 16.7. The molecule has 6 heteroatoms. The molecule has 3 rings (SSSR count). The number of nitrogens with one attached hydrogen (secondary N) is 1. The second-order valence-electron chi connectivity index (χ2n) is 6.49. The Morgan fingerprint density at radius 1 is 1.19 bits per heavy atom. The van der Waals surface area contributed by atoms with Crippen molar-refractivity contribution in [3.05, 3.63) is 76.1 Å². The number of aromatic amines is 1. The van der Waals surface area contributed by atoms with Gasteiger partial charge in [0.15, 0.2) is 0 Å². The van der Waals surface area contributed by atoms with Gasteiger partial charge in [0, 0.05) is 24.8 Å². The Morgan fingerprint density at radius 2 is 1.96 bits per heavy atom. The van der Waals surface area contributed by atoms with E-state index < -0.39 is 0 Å². The Morgan fingerprint density at radius 3 is 2.70 bits per heavy atom. The Bertz CT molecular complexity index is 911. The van der Waals surface area contributed by atoms with Crippen molar-refractivity contribution in [2.24, 2.45) is 0 Å². The van der Waals surface area contributed by atoms with E-state index in [2.05, 4.69) is 26.1 Å². The monoisotopic (exact) mass is 429 g/mol. The van der Waals surface area contributed by atoms with E-state index in [1.165, 1.54) is 6.07 Å². The van der Waals surface area contributed by atoms with Crippen molar-refractivity contribution in [3.63, 3.8) is 0 Å². The number of carbonyl (C=O) groups excluding carboxylic acids is 1. The zero-order valence-corrected chi connectivity index (χ0v) is 16.7. The smallest absolute Gasteiger partial charge is 0.226 e. The zero-order valence-electron chi connectivity index (χ0n) is 15.1. The lowest BCUT2D eigenvalue weighted by Crippen LogP contribution is -2.29.